The predicted molar refractivity (Wildman–Crippen MR) is 499 cm³/mol. The van der Waals surface area contributed by atoms with Crippen LogP contribution in [0.15, 0.2) is 321 Å². The normalized spacial score (nSPS) is 14.2. The summed E-state index contributed by atoms with van der Waals surface area (Å²) in [7, 11) is 0. The van der Waals surface area contributed by atoms with Gasteiger partial charge in [-0.05, 0) is 172 Å². The highest BCUT2D eigenvalue weighted by Gasteiger charge is 2.47. The third kappa shape index (κ3) is 11.6. The van der Waals surface area contributed by atoms with Crippen molar-refractivity contribution in [3.63, 3.8) is 0 Å². The average Bonchev–Trinajstić information content (AvgIpc) is 1.10. The molecule has 20 rings (SSSR count). The summed E-state index contributed by atoms with van der Waals surface area (Å²) in [6.45, 7) is 33.5. The first-order chi connectivity index (χ1) is 59.1. The molecular formula is C110H98BN5. The van der Waals surface area contributed by atoms with Crippen LogP contribution in [0.4, 0.5) is 34.1 Å². The Labute approximate surface area is 694 Å². The molecule has 5 nitrogen and oxygen atoms in total. The second kappa shape index (κ2) is 26.5. The first kappa shape index (κ1) is 63.7. The van der Waals surface area contributed by atoms with Crippen LogP contribution in [0.3, 0.4) is 0 Å². The van der Waals surface area contributed by atoms with Crippen molar-refractivity contribution in [2.24, 2.45) is 0 Å². The van der Waals surface area contributed by atoms with Crippen molar-refractivity contribution >= 4 is 123 Å². The predicted octanol–water partition coefficient (Wildman–Crippen LogP) is 28.2. The second-order valence-corrected chi connectivity index (χ2v) is 37.2. The van der Waals surface area contributed by atoms with Crippen LogP contribution in [-0.4, -0.2) is 20.4 Å². The van der Waals surface area contributed by atoms with Crippen LogP contribution in [0.1, 0.15) is 143 Å². The molecule has 0 saturated heterocycles. The lowest BCUT2D eigenvalue weighted by atomic mass is 9.33. The lowest BCUT2D eigenvalue weighted by Gasteiger charge is -2.46. The van der Waals surface area contributed by atoms with E-state index >= 15 is 0 Å². The van der Waals surface area contributed by atoms with Gasteiger partial charge in [-0.15, -0.1) is 0 Å². The highest BCUT2D eigenvalue weighted by Crippen LogP contribution is 2.56. The molecule has 0 bridgehead atoms. The Bertz CT molecular complexity index is 7280. The van der Waals surface area contributed by atoms with Crippen molar-refractivity contribution in [1.82, 2.24) is 13.7 Å². The number of anilines is 6. The Morgan fingerprint density at radius 2 is 0.629 bits per heavy atom. The molecule has 18 aromatic rings. The number of para-hydroxylation sites is 7. The minimum atomic E-state index is -0.540. The fourth-order valence-corrected chi connectivity index (χ4v) is 18.6. The number of aromatic nitrogens is 3. The van der Waals surface area contributed by atoms with E-state index in [1.165, 1.54) is 22.3 Å². The van der Waals surface area contributed by atoms with Crippen molar-refractivity contribution in [1.29, 1.82) is 0 Å². The molecule has 0 amide bonds. The van der Waals surface area contributed by atoms with Crippen molar-refractivity contribution in [3.05, 3.63) is 349 Å². The van der Waals surface area contributed by atoms with Gasteiger partial charge in [0, 0.05) is 94.4 Å². The minimum Gasteiger partial charge on any atom is -0.310 e. The van der Waals surface area contributed by atoms with Gasteiger partial charge in [-0.3, -0.25) is 0 Å². The SMILES string of the molecule is [2H]c1c([2H])c([2H])c2c(c1[2H])c1c([2H])c([2H])c([2H])c([2H])c1n2-c1ccc2c(c1)N(c1c(-c3ccc(C(C)(C)C)cc3)cccc1-c1ccc(C(C)(C)C)cc1)c1cc(C(C)(C)C)cc3c1B2c1ccc(-n2c4ccccc4c4ccc5c(c6ccccc6n5-c5ccccc5)c42)cc1N3c1c(-c2ccc(C(C)(C)C)cc2)cccc1-c1ccc(C(C)(C)C)cc1. The fourth-order valence-electron chi connectivity index (χ4n) is 18.6. The lowest BCUT2D eigenvalue weighted by Crippen LogP contribution is -2.61. The molecule has 0 spiro atoms. The number of hydrogen-bond acceptors (Lipinski definition) is 2. The summed E-state index contributed by atoms with van der Waals surface area (Å²) in [5, 5.41) is 4.55. The summed E-state index contributed by atoms with van der Waals surface area (Å²) in [5.74, 6) is 0. The molecular weight excluding hydrogens is 1400 g/mol. The maximum absolute atomic E-state index is 9.99. The van der Waals surface area contributed by atoms with E-state index in [2.05, 4.69) is 390 Å². The zero-order valence-electron chi connectivity index (χ0n) is 76.8. The van der Waals surface area contributed by atoms with Gasteiger partial charge < -0.3 is 23.5 Å². The third-order valence-electron chi connectivity index (χ3n) is 24.7. The molecule has 0 N–H and O–H groups in total. The first-order valence-corrected chi connectivity index (χ1v) is 40.9. The van der Waals surface area contributed by atoms with Crippen LogP contribution in [-0.2, 0) is 27.1 Å². The van der Waals surface area contributed by atoms with Gasteiger partial charge in [0.25, 0.3) is 6.71 Å². The van der Waals surface area contributed by atoms with Gasteiger partial charge in [-0.25, -0.2) is 0 Å². The van der Waals surface area contributed by atoms with Gasteiger partial charge in [0.05, 0.1) is 55.4 Å². The number of fused-ring (bicyclic) bond motifs is 14. The van der Waals surface area contributed by atoms with Crippen LogP contribution in [0.5, 0.6) is 0 Å². The molecule has 2 aliphatic rings. The minimum absolute atomic E-state index is 0.00963. The number of benzene rings is 15. The molecule has 0 unspecified atom stereocenters. The topological polar surface area (TPSA) is 21.3 Å². The largest absolute Gasteiger partial charge is 0.310 e. The van der Waals surface area contributed by atoms with Crippen LogP contribution in [0, 0.1) is 0 Å². The number of hydrogen-bond donors (Lipinski definition) is 0. The lowest BCUT2D eigenvalue weighted by molar-refractivity contribution is 0.590. The summed E-state index contributed by atoms with van der Waals surface area (Å²) in [4.78, 5) is 5.12. The van der Waals surface area contributed by atoms with Gasteiger partial charge in [-0.2, -0.15) is 0 Å². The van der Waals surface area contributed by atoms with Crippen molar-refractivity contribution in [2.75, 3.05) is 9.80 Å². The molecule has 5 heterocycles. The highest BCUT2D eigenvalue weighted by molar-refractivity contribution is 7.00. The molecule has 0 fully saturated rings. The van der Waals surface area contributed by atoms with Crippen LogP contribution in [0.2, 0.25) is 0 Å². The summed E-state index contributed by atoms with van der Waals surface area (Å²) in [6, 6.07) is 97.9. The Hall–Kier alpha value is -12.6. The molecule has 6 heteroatoms. The quantitative estimate of drug-likeness (QED) is 0.134. The molecule has 116 heavy (non-hydrogen) atoms. The van der Waals surface area contributed by atoms with Gasteiger partial charge in [0.15, 0.2) is 0 Å². The van der Waals surface area contributed by atoms with E-state index in [1.54, 1.807) is 4.57 Å². The van der Waals surface area contributed by atoms with E-state index in [0.29, 0.717) is 5.69 Å². The molecule has 0 atom stereocenters. The molecule has 3 aromatic heterocycles. The Morgan fingerprint density at radius 1 is 0.259 bits per heavy atom. The van der Waals surface area contributed by atoms with Gasteiger partial charge in [0.2, 0.25) is 0 Å². The van der Waals surface area contributed by atoms with E-state index in [-0.39, 0.29) is 55.6 Å². The smallest absolute Gasteiger partial charge is 0.252 e. The first-order valence-electron chi connectivity index (χ1n) is 44.9. The van der Waals surface area contributed by atoms with E-state index < -0.39 is 48.4 Å². The Kier molecular flexibility index (Phi) is 14.5. The second-order valence-electron chi connectivity index (χ2n) is 37.2. The van der Waals surface area contributed by atoms with Gasteiger partial charge >= 0.3 is 0 Å². The van der Waals surface area contributed by atoms with Crippen molar-refractivity contribution in [2.45, 2.75) is 131 Å². The summed E-state index contributed by atoms with van der Waals surface area (Å²) in [6.07, 6.45) is 0. The van der Waals surface area contributed by atoms with Crippen molar-refractivity contribution < 1.29 is 11.0 Å². The average molecular weight is 1510 g/mol. The zero-order chi connectivity index (χ0) is 86.8. The zero-order valence-corrected chi connectivity index (χ0v) is 68.8. The number of nitrogens with zero attached hydrogens (tertiary/aromatic N) is 5. The Morgan fingerprint density at radius 3 is 1.05 bits per heavy atom. The van der Waals surface area contributed by atoms with Crippen molar-refractivity contribution in [3.8, 4) is 61.6 Å². The molecule has 566 valence electrons. The molecule has 0 saturated carbocycles. The fraction of sp³-hybridized carbons (Fsp3) is 0.182. The van der Waals surface area contributed by atoms with E-state index in [0.717, 1.165) is 156 Å². The monoisotopic (exact) mass is 1510 g/mol. The van der Waals surface area contributed by atoms with Crippen LogP contribution >= 0.6 is 0 Å². The summed E-state index contributed by atoms with van der Waals surface area (Å²) >= 11 is 0. The van der Waals surface area contributed by atoms with Crippen LogP contribution < -0.4 is 26.2 Å². The summed E-state index contributed by atoms with van der Waals surface area (Å²) < 4.78 is 83.2. The molecule has 0 aliphatic carbocycles. The maximum atomic E-state index is 9.99. The van der Waals surface area contributed by atoms with E-state index in [1.807, 2.05) is 6.07 Å². The van der Waals surface area contributed by atoms with Gasteiger partial charge in [0.1, 0.15) is 0 Å². The van der Waals surface area contributed by atoms with Gasteiger partial charge in [-0.1, -0.05) is 346 Å². The third-order valence-corrected chi connectivity index (χ3v) is 24.7. The molecule has 15 aromatic carbocycles. The summed E-state index contributed by atoms with van der Waals surface area (Å²) in [5.41, 5.74) is 28.3. The number of rotatable bonds is 9. The van der Waals surface area contributed by atoms with Crippen LogP contribution in [0.25, 0.3) is 127 Å². The van der Waals surface area contributed by atoms with E-state index in [4.69, 9.17) is 0 Å². The Balaban J connectivity index is 0.977. The maximum Gasteiger partial charge on any atom is 0.252 e. The molecule has 2 aliphatic heterocycles. The van der Waals surface area contributed by atoms with E-state index in [9.17, 15) is 11.0 Å². The molecule has 0 radical (unpaired) electrons. The standard InChI is InChI=1S/C110H98BN5/c1-106(2,3)73-51-43-69(44-52-73)81-35-27-36-82(70-45-53-74(54-46-70)107(4,5)6)103(81)115-97-67-79(113-92-39-23-19-31-85(92)86-32-20-24-40-93(86)113)59-62-90(97)111-91-63-60-80(114-94-41-25-21-33-87(94)88-61-64-96-101(105(88)114)89-34-22-26-42-95(89)112(96)78-29-17-16-18-30-78)68-98(91)116(100-66-77(110(13,14)15)65-99(115)102(100)111)104-83(71-47-55-75(56-48-71)108(7,8)9)37-28-38-84(104)72-49-57-76(58-50-72)109(10,11)12/h16-68H,1-15H3/i19D,20D,23D,24D,31D,32D,39D,40D. The highest BCUT2D eigenvalue weighted by atomic mass is 15.2.